The van der Waals surface area contributed by atoms with Gasteiger partial charge in [0.15, 0.2) is 0 Å². The Labute approximate surface area is 111 Å². The van der Waals surface area contributed by atoms with Gasteiger partial charge in [-0.2, -0.15) is 11.8 Å². The van der Waals surface area contributed by atoms with Gasteiger partial charge in [-0.25, -0.2) is 0 Å². The first-order chi connectivity index (χ1) is 7.79. The van der Waals surface area contributed by atoms with E-state index < -0.39 is 0 Å². The molecule has 0 saturated carbocycles. The predicted molar refractivity (Wildman–Crippen MR) is 75.1 cm³/mol. The maximum Gasteiger partial charge on any atom is 0.135 e. The summed E-state index contributed by atoms with van der Waals surface area (Å²) >= 11 is 5.50. The summed E-state index contributed by atoms with van der Waals surface area (Å²) in [5.41, 5.74) is 0. The van der Waals surface area contributed by atoms with Crippen LogP contribution in [-0.4, -0.2) is 18.1 Å². The van der Waals surface area contributed by atoms with E-state index in [1.165, 1.54) is 12.2 Å². The van der Waals surface area contributed by atoms with Crippen LogP contribution in [0, 0.1) is 0 Å². The molecule has 0 aliphatic carbocycles. The van der Waals surface area contributed by atoms with E-state index in [0.29, 0.717) is 6.04 Å². The SMILES string of the molecule is CCCNC(CSCCC)c1occc1Br. The van der Waals surface area contributed by atoms with Crippen LogP contribution in [0.2, 0.25) is 0 Å². The zero-order valence-electron chi connectivity index (χ0n) is 9.96. The molecule has 1 unspecified atom stereocenters. The fraction of sp³-hybridized carbons (Fsp3) is 0.667. The zero-order valence-corrected chi connectivity index (χ0v) is 12.4. The van der Waals surface area contributed by atoms with E-state index in [1.807, 2.05) is 17.8 Å². The van der Waals surface area contributed by atoms with Crippen LogP contribution in [0.5, 0.6) is 0 Å². The second-order valence-electron chi connectivity index (χ2n) is 3.71. The summed E-state index contributed by atoms with van der Waals surface area (Å²) in [5, 5.41) is 3.53. The summed E-state index contributed by atoms with van der Waals surface area (Å²) in [6.45, 7) is 5.43. The molecule has 0 fully saturated rings. The molecule has 4 heteroatoms. The van der Waals surface area contributed by atoms with Crippen LogP contribution in [0.4, 0.5) is 0 Å². The highest BCUT2D eigenvalue weighted by molar-refractivity contribution is 9.10. The summed E-state index contributed by atoms with van der Waals surface area (Å²) in [7, 11) is 0. The van der Waals surface area contributed by atoms with Gasteiger partial charge in [-0.3, -0.25) is 0 Å². The Kier molecular flexibility index (Phi) is 7.25. The minimum absolute atomic E-state index is 0.320. The number of thioether (sulfide) groups is 1. The first-order valence-corrected chi connectivity index (χ1v) is 7.78. The Morgan fingerprint density at radius 1 is 1.44 bits per heavy atom. The van der Waals surface area contributed by atoms with E-state index in [-0.39, 0.29) is 0 Å². The Morgan fingerprint density at radius 2 is 2.25 bits per heavy atom. The molecular weight excluding hydrogens is 286 g/mol. The standard InChI is InChI=1S/C12H20BrNOS/c1-3-6-14-11(9-16-8-4-2)12-10(13)5-7-15-12/h5,7,11,14H,3-4,6,8-9H2,1-2H3. The van der Waals surface area contributed by atoms with E-state index in [9.17, 15) is 0 Å². The van der Waals surface area contributed by atoms with Crippen molar-refractivity contribution in [3.05, 3.63) is 22.6 Å². The predicted octanol–water partition coefficient (Wildman–Crippen LogP) is 4.23. The summed E-state index contributed by atoms with van der Waals surface area (Å²) in [6.07, 6.45) is 4.11. The largest absolute Gasteiger partial charge is 0.466 e. The Morgan fingerprint density at radius 3 is 2.81 bits per heavy atom. The van der Waals surface area contributed by atoms with Crippen LogP contribution in [0.3, 0.4) is 0 Å². The molecule has 16 heavy (non-hydrogen) atoms. The molecule has 0 radical (unpaired) electrons. The lowest BCUT2D eigenvalue weighted by Crippen LogP contribution is -2.24. The fourth-order valence-electron chi connectivity index (χ4n) is 1.45. The summed E-state index contributed by atoms with van der Waals surface area (Å²) in [6, 6.07) is 2.28. The van der Waals surface area contributed by atoms with Crippen LogP contribution in [0.25, 0.3) is 0 Å². The van der Waals surface area contributed by atoms with Crippen molar-refractivity contribution in [1.29, 1.82) is 0 Å². The van der Waals surface area contributed by atoms with Crippen molar-refractivity contribution < 1.29 is 4.42 Å². The quantitative estimate of drug-likeness (QED) is 0.728. The van der Waals surface area contributed by atoms with E-state index in [2.05, 4.69) is 35.1 Å². The Balaban J connectivity index is 2.53. The van der Waals surface area contributed by atoms with Gasteiger partial charge in [0.2, 0.25) is 0 Å². The van der Waals surface area contributed by atoms with Gasteiger partial charge in [-0.15, -0.1) is 0 Å². The molecule has 0 aliphatic rings. The average Bonchev–Trinajstić information content (AvgIpc) is 2.70. The smallest absolute Gasteiger partial charge is 0.135 e. The second kappa shape index (κ2) is 8.20. The van der Waals surface area contributed by atoms with Crippen LogP contribution in [-0.2, 0) is 0 Å². The monoisotopic (exact) mass is 305 g/mol. The van der Waals surface area contributed by atoms with Crippen LogP contribution in [0.15, 0.2) is 21.2 Å². The van der Waals surface area contributed by atoms with Gasteiger partial charge < -0.3 is 9.73 Å². The molecule has 1 atom stereocenters. The Hall–Kier alpha value is 0.0700. The van der Waals surface area contributed by atoms with Crippen LogP contribution < -0.4 is 5.32 Å². The number of rotatable bonds is 8. The molecule has 0 aliphatic heterocycles. The van der Waals surface area contributed by atoms with Gasteiger partial charge in [0.05, 0.1) is 16.8 Å². The second-order valence-corrected chi connectivity index (χ2v) is 5.72. The normalized spacial score (nSPS) is 12.9. The maximum absolute atomic E-state index is 5.53. The zero-order chi connectivity index (χ0) is 11.8. The number of hydrogen-bond acceptors (Lipinski definition) is 3. The lowest BCUT2D eigenvalue weighted by Gasteiger charge is -2.16. The molecule has 1 aromatic heterocycles. The molecule has 0 aromatic carbocycles. The molecule has 0 amide bonds. The number of halogens is 1. The van der Waals surface area contributed by atoms with Gasteiger partial charge in [-0.05, 0) is 47.1 Å². The summed E-state index contributed by atoms with van der Waals surface area (Å²) < 4.78 is 6.60. The number of furan rings is 1. The third-order valence-electron chi connectivity index (χ3n) is 2.23. The average molecular weight is 306 g/mol. The van der Waals surface area contributed by atoms with Crippen LogP contribution in [0.1, 0.15) is 38.5 Å². The van der Waals surface area contributed by atoms with Crippen molar-refractivity contribution >= 4 is 27.7 Å². The lowest BCUT2D eigenvalue weighted by atomic mass is 10.2. The van der Waals surface area contributed by atoms with E-state index in [1.54, 1.807) is 6.26 Å². The third kappa shape index (κ3) is 4.52. The maximum atomic E-state index is 5.53. The van der Waals surface area contributed by atoms with Crippen molar-refractivity contribution in [3.8, 4) is 0 Å². The molecule has 92 valence electrons. The van der Waals surface area contributed by atoms with Gasteiger partial charge in [0.1, 0.15) is 5.76 Å². The third-order valence-corrected chi connectivity index (χ3v) is 4.16. The van der Waals surface area contributed by atoms with E-state index in [4.69, 9.17) is 4.42 Å². The van der Waals surface area contributed by atoms with Crippen molar-refractivity contribution in [1.82, 2.24) is 5.32 Å². The molecular formula is C12H20BrNOS. The van der Waals surface area contributed by atoms with Gasteiger partial charge in [0, 0.05) is 5.75 Å². The Bertz CT molecular complexity index is 290. The van der Waals surface area contributed by atoms with E-state index in [0.717, 1.165) is 29.0 Å². The molecule has 2 nitrogen and oxygen atoms in total. The number of hydrogen-bond donors (Lipinski definition) is 1. The van der Waals surface area contributed by atoms with Gasteiger partial charge in [0.25, 0.3) is 0 Å². The molecule has 0 saturated heterocycles. The van der Waals surface area contributed by atoms with Gasteiger partial charge >= 0.3 is 0 Å². The number of nitrogens with one attached hydrogen (secondary N) is 1. The highest BCUT2D eigenvalue weighted by Gasteiger charge is 2.16. The summed E-state index contributed by atoms with van der Waals surface area (Å²) in [4.78, 5) is 0. The van der Waals surface area contributed by atoms with Crippen molar-refractivity contribution in [3.63, 3.8) is 0 Å². The first-order valence-electron chi connectivity index (χ1n) is 5.83. The molecule has 0 spiro atoms. The molecule has 1 rings (SSSR count). The van der Waals surface area contributed by atoms with Crippen molar-refractivity contribution in [2.75, 3.05) is 18.1 Å². The lowest BCUT2D eigenvalue weighted by molar-refractivity contribution is 0.433. The van der Waals surface area contributed by atoms with Gasteiger partial charge in [-0.1, -0.05) is 13.8 Å². The fourth-order valence-corrected chi connectivity index (χ4v) is 2.88. The highest BCUT2D eigenvalue weighted by Crippen LogP contribution is 2.27. The van der Waals surface area contributed by atoms with Crippen molar-refractivity contribution in [2.24, 2.45) is 0 Å². The molecule has 1 heterocycles. The van der Waals surface area contributed by atoms with Crippen LogP contribution >= 0.6 is 27.7 Å². The molecule has 0 bridgehead atoms. The topological polar surface area (TPSA) is 25.2 Å². The van der Waals surface area contributed by atoms with E-state index >= 15 is 0 Å². The molecule has 1 N–H and O–H groups in total. The minimum Gasteiger partial charge on any atom is -0.466 e. The molecule has 1 aromatic rings. The first kappa shape index (κ1) is 14.1. The minimum atomic E-state index is 0.320. The highest BCUT2D eigenvalue weighted by atomic mass is 79.9. The van der Waals surface area contributed by atoms with Crippen molar-refractivity contribution in [2.45, 2.75) is 32.7 Å². The summed E-state index contributed by atoms with van der Waals surface area (Å²) in [5.74, 6) is 3.31.